The highest BCUT2D eigenvalue weighted by Gasteiger charge is 2.26. The summed E-state index contributed by atoms with van der Waals surface area (Å²) in [4.78, 5) is 47.7. The van der Waals surface area contributed by atoms with Crippen LogP contribution in [0.5, 0.6) is 0 Å². The van der Waals surface area contributed by atoms with Crippen molar-refractivity contribution in [1.82, 2.24) is 10.6 Å². The molecular weight excluding hydrogens is 460 g/mol. The molecule has 0 aromatic rings. The molecule has 0 heterocycles. The Bertz CT molecular complexity index is 578. The third-order valence-corrected chi connectivity index (χ3v) is 5.89. The van der Waals surface area contributed by atoms with E-state index in [1.807, 2.05) is 0 Å². The zero-order valence-electron chi connectivity index (χ0n) is 20.1. The van der Waals surface area contributed by atoms with E-state index in [1.54, 1.807) is 41.5 Å². The van der Waals surface area contributed by atoms with E-state index < -0.39 is 47.4 Å². The standard InChI is InChI=1S/C20H36N2O8S2/c1-19(2,3)29-17(25)21-13(15(23)27-7)9-11-31-32-12-10-14(16(24)28-8)22-18(26)30-20(4,5)6/h13-14H,9-12H2,1-8H3,(H,21,25)(H,22,26). The Morgan fingerprint density at radius 2 is 1.00 bits per heavy atom. The number of esters is 2. The predicted octanol–water partition coefficient (Wildman–Crippen LogP) is 3.28. The minimum absolute atomic E-state index is 0.334. The van der Waals surface area contributed by atoms with Crippen LogP contribution >= 0.6 is 21.6 Å². The molecule has 0 rings (SSSR count). The zero-order chi connectivity index (χ0) is 24.9. The molecular formula is C20H36N2O8S2. The van der Waals surface area contributed by atoms with Gasteiger partial charge in [-0.2, -0.15) is 0 Å². The minimum Gasteiger partial charge on any atom is -0.467 e. The van der Waals surface area contributed by atoms with Crippen LogP contribution in [0.2, 0.25) is 0 Å². The second-order valence-corrected chi connectivity index (χ2v) is 11.4. The van der Waals surface area contributed by atoms with Crippen LogP contribution in [0.4, 0.5) is 9.59 Å². The van der Waals surface area contributed by atoms with Gasteiger partial charge in [0.2, 0.25) is 0 Å². The summed E-state index contributed by atoms with van der Waals surface area (Å²) in [5.41, 5.74) is -1.36. The molecule has 0 aromatic heterocycles. The second-order valence-electron chi connectivity index (χ2n) is 8.67. The van der Waals surface area contributed by atoms with Gasteiger partial charge in [-0.3, -0.25) is 0 Å². The van der Waals surface area contributed by atoms with Gasteiger partial charge in [0.05, 0.1) is 14.2 Å². The Kier molecular flexibility index (Phi) is 13.5. The van der Waals surface area contributed by atoms with Gasteiger partial charge in [-0.1, -0.05) is 21.6 Å². The highest BCUT2D eigenvalue weighted by atomic mass is 33.1. The first-order chi connectivity index (χ1) is 14.7. The normalized spacial score (nSPS) is 13.4. The highest BCUT2D eigenvalue weighted by Crippen LogP contribution is 2.24. The number of nitrogens with one attached hydrogen (secondary N) is 2. The molecule has 2 amide bonds. The maximum atomic E-state index is 11.9. The molecule has 2 N–H and O–H groups in total. The number of carbonyl (C=O) groups is 4. The van der Waals surface area contributed by atoms with Gasteiger partial charge in [-0.15, -0.1) is 0 Å². The Balaban J connectivity index is 4.49. The molecule has 0 saturated carbocycles. The number of ether oxygens (including phenoxy) is 4. The predicted molar refractivity (Wildman–Crippen MR) is 124 cm³/mol. The molecule has 2 atom stereocenters. The van der Waals surface area contributed by atoms with Crippen molar-refractivity contribution < 1.29 is 38.1 Å². The first kappa shape index (κ1) is 30.2. The quantitative estimate of drug-likeness (QED) is 0.190. The minimum atomic E-state index is -0.834. The van der Waals surface area contributed by atoms with Crippen molar-refractivity contribution in [2.75, 3.05) is 25.7 Å². The maximum Gasteiger partial charge on any atom is 0.408 e. The number of hydrogen-bond acceptors (Lipinski definition) is 10. The molecule has 10 nitrogen and oxygen atoms in total. The fourth-order valence-electron chi connectivity index (χ4n) is 2.13. The second kappa shape index (κ2) is 14.4. The third kappa shape index (κ3) is 15.1. The van der Waals surface area contributed by atoms with Crippen molar-refractivity contribution in [2.45, 2.75) is 77.7 Å². The number of alkyl carbamates (subject to hydrolysis) is 2. The zero-order valence-corrected chi connectivity index (χ0v) is 21.7. The molecule has 0 aliphatic carbocycles. The lowest BCUT2D eigenvalue weighted by Crippen LogP contribution is -2.44. The molecule has 186 valence electrons. The van der Waals surface area contributed by atoms with Crippen LogP contribution in [0.1, 0.15) is 54.4 Å². The Morgan fingerprint density at radius 1 is 0.688 bits per heavy atom. The lowest BCUT2D eigenvalue weighted by Gasteiger charge is -2.23. The van der Waals surface area contributed by atoms with Crippen molar-refractivity contribution >= 4 is 45.7 Å². The summed E-state index contributed by atoms with van der Waals surface area (Å²) in [5.74, 6) is -0.0619. The van der Waals surface area contributed by atoms with Crippen LogP contribution in [-0.4, -0.2) is 73.1 Å². The fourth-order valence-corrected chi connectivity index (χ4v) is 4.32. The van der Waals surface area contributed by atoms with Crippen LogP contribution in [-0.2, 0) is 28.5 Å². The summed E-state index contributed by atoms with van der Waals surface area (Å²) in [7, 11) is 5.42. The van der Waals surface area contributed by atoms with Crippen molar-refractivity contribution in [3.05, 3.63) is 0 Å². The molecule has 32 heavy (non-hydrogen) atoms. The van der Waals surface area contributed by atoms with Crippen molar-refractivity contribution in [2.24, 2.45) is 0 Å². The molecule has 0 spiro atoms. The van der Waals surface area contributed by atoms with Gasteiger partial charge in [0.25, 0.3) is 0 Å². The topological polar surface area (TPSA) is 129 Å². The number of rotatable bonds is 11. The molecule has 12 heteroatoms. The highest BCUT2D eigenvalue weighted by molar-refractivity contribution is 8.76. The molecule has 0 aromatic carbocycles. The Morgan fingerprint density at radius 3 is 1.25 bits per heavy atom. The van der Waals surface area contributed by atoms with E-state index in [4.69, 9.17) is 18.9 Å². The van der Waals surface area contributed by atoms with Crippen LogP contribution < -0.4 is 10.6 Å². The van der Waals surface area contributed by atoms with E-state index in [0.29, 0.717) is 24.3 Å². The third-order valence-electron chi connectivity index (χ3n) is 3.42. The van der Waals surface area contributed by atoms with Crippen LogP contribution in [0.25, 0.3) is 0 Å². The molecule has 0 radical (unpaired) electrons. The van der Waals surface area contributed by atoms with Crippen molar-refractivity contribution in [1.29, 1.82) is 0 Å². The summed E-state index contributed by atoms with van der Waals surface area (Å²) < 4.78 is 19.8. The van der Waals surface area contributed by atoms with Gasteiger partial charge in [0.1, 0.15) is 23.3 Å². The van der Waals surface area contributed by atoms with Crippen LogP contribution in [0, 0.1) is 0 Å². The number of carbonyl (C=O) groups excluding carboxylic acids is 4. The Hall–Kier alpha value is -1.82. The number of methoxy groups -OCH3 is 2. The summed E-state index contributed by atoms with van der Waals surface area (Å²) in [5, 5.41) is 5.03. The summed E-state index contributed by atoms with van der Waals surface area (Å²) >= 11 is 0. The summed E-state index contributed by atoms with van der Waals surface area (Å²) in [6.07, 6.45) is -0.722. The van der Waals surface area contributed by atoms with Gasteiger partial charge in [0.15, 0.2) is 0 Å². The van der Waals surface area contributed by atoms with Crippen molar-refractivity contribution in [3.8, 4) is 0 Å². The van der Waals surface area contributed by atoms with Crippen molar-refractivity contribution in [3.63, 3.8) is 0 Å². The molecule has 0 aliphatic heterocycles. The average Bonchev–Trinajstić information content (AvgIpc) is 2.64. The SMILES string of the molecule is COC(=O)C(CCSSCCC(NC(=O)OC(C)(C)C)C(=O)OC)NC(=O)OC(C)(C)C. The lowest BCUT2D eigenvalue weighted by molar-refractivity contribution is -0.143. The molecule has 0 aliphatic rings. The smallest absolute Gasteiger partial charge is 0.408 e. The van der Waals surface area contributed by atoms with E-state index >= 15 is 0 Å². The molecule has 0 saturated heterocycles. The van der Waals surface area contributed by atoms with E-state index in [0.717, 1.165) is 0 Å². The first-order valence-corrected chi connectivity index (χ1v) is 12.6. The average molecular weight is 497 g/mol. The van der Waals surface area contributed by atoms with Crippen LogP contribution in [0.3, 0.4) is 0 Å². The molecule has 0 fully saturated rings. The van der Waals surface area contributed by atoms with E-state index in [1.165, 1.54) is 35.8 Å². The van der Waals surface area contributed by atoms with Gasteiger partial charge >= 0.3 is 24.1 Å². The Labute approximate surface area is 198 Å². The van der Waals surface area contributed by atoms with Crippen LogP contribution in [0.15, 0.2) is 0 Å². The number of amides is 2. The maximum absolute atomic E-state index is 11.9. The summed E-state index contributed by atoms with van der Waals surface area (Å²) in [6.45, 7) is 10.4. The van der Waals surface area contributed by atoms with Gasteiger partial charge in [-0.25, -0.2) is 19.2 Å². The van der Waals surface area contributed by atoms with Gasteiger partial charge < -0.3 is 29.6 Å². The fraction of sp³-hybridized carbons (Fsp3) is 0.800. The van der Waals surface area contributed by atoms with E-state index in [9.17, 15) is 19.2 Å². The summed E-state index contributed by atoms with van der Waals surface area (Å²) in [6, 6.07) is -1.67. The van der Waals surface area contributed by atoms with Gasteiger partial charge in [0, 0.05) is 11.5 Å². The molecule has 2 unspecified atom stereocenters. The van der Waals surface area contributed by atoms with Gasteiger partial charge in [-0.05, 0) is 54.4 Å². The lowest BCUT2D eigenvalue weighted by atomic mass is 10.2. The largest absolute Gasteiger partial charge is 0.467 e. The number of hydrogen-bond donors (Lipinski definition) is 2. The van der Waals surface area contributed by atoms with E-state index in [2.05, 4.69) is 10.6 Å². The monoisotopic (exact) mass is 496 g/mol. The van der Waals surface area contributed by atoms with E-state index in [-0.39, 0.29) is 0 Å². The molecule has 0 bridgehead atoms. The first-order valence-electron chi connectivity index (χ1n) is 10.1.